The number of ether oxygens (including phenoxy) is 2. The van der Waals surface area contributed by atoms with E-state index in [4.69, 9.17) is 15.2 Å². The summed E-state index contributed by atoms with van der Waals surface area (Å²) in [6.07, 6.45) is 1.86. The van der Waals surface area contributed by atoms with Crippen LogP contribution in [0, 0.1) is 0 Å². The van der Waals surface area contributed by atoms with Crippen molar-refractivity contribution in [2.75, 3.05) is 11.9 Å². The van der Waals surface area contributed by atoms with E-state index in [9.17, 15) is 4.79 Å². The lowest BCUT2D eigenvalue weighted by molar-refractivity contribution is -0.114. The summed E-state index contributed by atoms with van der Waals surface area (Å²) in [5, 5.41) is 2.69. The van der Waals surface area contributed by atoms with Gasteiger partial charge in [-0.2, -0.15) is 0 Å². The van der Waals surface area contributed by atoms with Gasteiger partial charge in [-0.25, -0.2) is 4.98 Å². The molecule has 1 aromatic heterocycles. The Balaban J connectivity index is 1.35. The van der Waals surface area contributed by atoms with Gasteiger partial charge in [0.15, 0.2) is 0 Å². The summed E-state index contributed by atoms with van der Waals surface area (Å²) < 4.78 is 11.6. The van der Waals surface area contributed by atoms with Crippen molar-refractivity contribution in [3.05, 3.63) is 90.9 Å². The summed E-state index contributed by atoms with van der Waals surface area (Å²) in [5.41, 5.74) is 7.77. The molecule has 31 heavy (non-hydrogen) atoms. The van der Waals surface area contributed by atoms with Crippen molar-refractivity contribution in [3.63, 3.8) is 0 Å². The van der Waals surface area contributed by atoms with E-state index in [1.165, 1.54) is 0 Å². The van der Waals surface area contributed by atoms with Crippen molar-refractivity contribution in [2.45, 2.75) is 6.61 Å². The number of para-hydroxylation sites is 1. The zero-order valence-corrected chi connectivity index (χ0v) is 16.7. The number of anilines is 1. The number of hydrogen-bond donors (Lipinski definition) is 3. The summed E-state index contributed by atoms with van der Waals surface area (Å²) >= 11 is 0. The molecule has 0 spiro atoms. The Morgan fingerprint density at radius 1 is 0.903 bits per heavy atom. The lowest BCUT2D eigenvalue weighted by Crippen LogP contribution is -2.21. The molecule has 0 radical (unpaired) electrons. The van der Waals surface area contributed by atoms with Gasteiger partial charge in [0.1, 0.15) is 29.7 Å². The van der Waals surface area contributed by atoms with E-state index in [1.807, 2.05) is 60.8 Å². The highest BCUT2D eigenvalue weighted by Crippen LogP contribution is 2.26. The number of amides is 1. The van der Waals surface area contributed by atoms with Gasteiger partial charge in [-0.3, -0.25) is 4.79 Å². The number of nitrogens with zero attached hydrogens (tertiary/aromatic N) is 1. The number of benzene rings is 3. The molecule has 7 nitrogen and oxygen atoms in total. The molecule has 0 aliphatic heterocycles. The lowest BCUT2D eigenvalue weighted by Gasteiger charge is -2.08. The zero-order chi connectivity index (χ0) is 21.5. The van der Waals surface area contributed by atoms with Crippen molar-refractivity contribution in [2.24, 2.45) is 5.73 Å². The van der Waals surface area contributed by atoms with Crippen LogP contribution in [0.15, 0.2) is 85.1 Å². The smallest absolute Gasteiger partial charge is 0.238 e. The van der Waals surface area contributed by atoms with Crippen LogP contribution in [0.2, 0.25) is 0 Å². The van der Waals surface area contributed by atoms with Crippen LogP contribution in [0.3, 0.4) is 0 Å². The number of hydrogen-bond acceptors (Lipinski definition) is 5. The summed E-state index contributed by atoms with van der Waals surface area (Å²) in [7, 11) is 0. The second-order valence-corrected chi connectivity index (χ2v) is 6.74. The molecule has 4 rings (SSSR count). The van der Waals surface area contributed by atoms with Crippen molar-refractivity contribution < 1.29 is 14.3 Å². The first-order valence-corrected chi connectivity index (χ1v) is 9.80. The molecule has 0 aliphatic carbocycles. The maximum Gasteiger partial charge on any atom is 0.238 e. The highest BCUT2D eigenvalue weighted by Gasteiger charge is 2.06. The maximum absolute atomic E-state index is 11.3. The highest BCUT2D eigenvalue weighted by molar-refractivity contribution is 5.92. The quantitative estimate of drug-likeness (QED) is 0.398. The van der Waals surface area contributed by atoms with E-state index >= 15 is 0 Å². The van der Waals surface area contributed by atoms with Gasteiger partial charge in [-0.15, -0.1) is 0 Å². The SMILES string of the molecule is NCC(=O)Nc1ccc(Oc2ccc(-c3c[nH]c(COc4ccccc4)n3)cc2)cc1. The summed E-state index contributed by atoms with van der Waals surface area (Å²) in [6.45, 7) is 0.315. The number of aromatic nitrogens is 2. The van der Waals surface area contributed by atoms with Crippen LogP contribution in [0.5, 0.6) is 17.2 Å². The summed E-state index contributed by atoms with van der Waals surface area (Å²) in [5.74, 6) is 2.68. The number of H-pyrrole nitrogens is 1. The van der Waals surface area contributed by atoms with Gasteiger partial charge in [0.2, 0.25) is 5.91 Å². The number of nitrogens with two attached hydrogens (primary N) is 1. The van der Waals surface area contributed by atoms with Crippen LogP contribution in [0.25, 0.3) is 11.3 Å². The zero-order valence-electron chi connectivity index (χ0n) is 16.7. The minimum Gasteiger partial charge on any atom is -0.486 e. The standard InChI is InChI=1S/C24H22N4O3/c25-14-24(29)27-18-8-12-21(13-9-18)31-20-10-6-17(7-11-20)22-15-26-23(28-22)16-30-19-4-2-1-3-5-19/h1-13,15H,14,16,25H2,(H,26,28)(H,27,29). The normalized spacial score (nSPS) is 10.5. The van der Waals surface area contributed by atoms with Gasteiger partial charge in [-0.1, -0.05) is 18.2 Å². The number of carbonyl (C=O) groups is 1. The fourth-order valence-electron chi connectivity index (χ4n) is 2.90. The summed E-state index contributed by atoms with van der Waals surface area (Å²) in [6, 6.07) is 24.4. The Bertz CT molecular complexity index is 1120. The number of rotatable bonds is 8. The van der Waals surface area contributed by atoms with E-state index in [0.717, 1.165) is 22.8 Å². The Kier molecular flexibility index (Phi) is 6.25. The molecule has 1 amide bonds. The fraction of sp³-hybridized carbons (Fsp3) is 0.0833. The third kappa shape index (κ3) is 5.49. The molecule has 4 N–H and O–H groups in total. The van der Waals surface area contributed by atoms with Gasteiger partial charge in [0.05, 0.1) is 12.2 Å². The Morgan fingerprint density at radius 3 is 2.26 bits per heavy atom. The molecule has 0 atom stereocenters. The van der Waals surface area contributed by atoms with E-state index in [0.29, 0.717) is 23.8 Å². The van der Waals surface area contributed by atoms with Gasteiger partial charge < -0.3 is 25.5 Å². The van der Waals surface area contributed by atoms with Crippen LogP contribution < -0.4 is 20.5 Å². The molecule has 1 heterocycles. The number of imidazole rings is 1. The number of aromatic amines is 1. The Hall–Kier alpha value is -4.10. The molecule has 0 aliphatic rings. The average molecular weight is 414 g/mol. The number of nitrogens with one attached hydrogen (secondary N) is 2. The van der Waals surface area contributed by atoms with Crippen LogP contribution in [0.4, 0.5) is 5.69 Å². The highest BCUT2D eigenvalue weighted by atomic mass is 16.5. The monoisotopic (exact) mass is 414 g/mol. The van der Waals surface area contributed by atoms with Crippen LogP contribution >= 0.6 is 0 Å². The molecule has 3 aromatic carbocycles. The fourth-order valence-corrected chi connectivity index (χ4v) is 2.90. The largest absolute Gasteiger partial charge is 0.486 e. The van der Waals surface area contributed by atoms with Crippen molar-refractivity contribution in [1.29, 1.82) is 0 Å². The van der Waals surface area contributed by atoms with E-state index in [1.54, 1.807) is 24.3 Å². The van der Waals surface area contributed by atoms with Crippen molar-refractivity contribution in [1.82, 2.24) is 9.97 Å². The minimum absolute atomic E-state index is 0.0534. The van der Waals surface area contributed by atoms with Crippen LogP contribution in [-0.2, 0) is 11.4 Å². The molecular weight excluding hydrogens is 392 g/mol. The molecule has 4 aromatic rings. The third-order valence-corrected chi connectivity index (χ3v) is 4.46. The molecule has 156 valence electrons. The number of carbonyl (C=O) groups excluding carboxylic acids is 1. The van der Waals surface area contributed by atoms with E-state index in [2.05, 4.69) is 15.3 Å². The predicted molar refractivity (Wildman–Crippen MR) is 119 cm³/mol. The van der Waals surface area contributed by atoms with Crippen LogP contribution in [-0.4, -0.2) is 22.4 Å². The van der Waals surface area contributed by atoms with Crippen molar-refractivity contribution in [3.8, 4) is 28.5 Å². The minimum atomic E-state index is -0.239. The molecule has 0 saturated carbocycles. The summed E-state index contributed by atoms with van der Waals surface area (Å²) in [4.78, 5) is 19.1. The molecule has 0 bridgehead atoms. The second-order valence-electron chi connectivity index (χ2n) is 6.74. The first-order chi connectivity index (χ1) is 15.2. The topological polar surface area (TPSA) is 102 Å². The maximum atomic E-state index is 11.3. The molecule has 0 fully saturated rings. The van der Waals surface area contributed by atoms with Crippen molar-refractivity contribution >= 4 is 11.6 Å². The molecular formula is C24H22N4O3. The lowest BCUT2D eigenvalue weighted by atomic mass is 10.1. The van der Waals surface area contributed by atoms with Gasteiger partial charge in [-0.05, 0) is 60.7 Å². The van der Waals surface area contributed by atoms with Gasteiger partial charge >= 0.3 is 0 Å². The average Bonchev–Trinajstić information content (AvgIpc) is 3.29. The van der Waals surface area contributed by atoms with E-state index in [-0.39, 0.29) is 12.5 Å². The Morgan fingerprint density at radius 2 is 1.58 bits per heavy atom. The van der Waals surface area contributed by atoms with E-state index < -0.39 is 0 Å². The molecule has 0 saturated heterocycles. The Labute approximate surface area is 179 Å². The first kappa shape index (κ1) is 20.2. The second kappa shape index (κ2) is 9.60. The van der Waals surface area contributed by atoms with Gasteiger partial charge in [0, 0.05) is 17.4 Å². The first-order valence-electron chi connectivity index (χ1n) is 9.80. The van der Waals surface area contributed by atoms with Crippen LogP contribution in [0.1, 0.15) is 5.82 Å². The third-order valence-electron chi connectivity index (χ3n) is 4.46. The predicted octanol–water partition coefficient (Wildman–Crippen LogP) is 4.35. The molecule has 0 unspecified atom stereocenters. The van der Waals surface area contributed by atoms with Gasteiger partial charge in [0.25, 0.3) is 0 Å². The molecule has 7 heteroatoms.